The second-order valence-electron chi connectivity index (χ2n) is 5.85. The maximum Gasteiger partial charge on any atom is 0.283 e. The highest BCUT2D eigenvalue weighted by molar-refractivity contribution is 6.31. The molecule has 130 valence electrons. The van der Waals surface area contributed by atoms with Crippen LogP contribution in [-0.2, 0) is 0 Å². The van der Waals surface area contributed by atoms with Gasteiger partial charge < -0.3 is 9.64 Å². The largest absolute Gasteiger partial charge is 0.497 e. The van der Waals surface area contributed by atoms with Crippen molar-refractivity contribution in [2.24, 2.45) is 0 Å². The van der Waals surface area contributed by atoms with Gasteiger partial charge in [0.25, 0.3) is 11.6 Å². The molecule has 7 heteroatoms. The van der Waals surface area contributed by atoms with Crippen molar-refractivity contribution < 1.29 is 14.5 Å². The first-order chi connectivity index (χ1) is 12.0. The number of carbonyl (C=O) groups is 1. The monoisotopic (exact) mass is 360 g/mol. The molecular weight excluding hydrogens is 344 g/mol. The topological polar surface area (TPSA) is 72.7 Å². The third kappa shape index (κ3) is 3.44. The van der Waals surface area contributed by atoms with Gasteiger partial charge in [-0.3, -0.25) is 14.9 Å². The number of nitro groups is 1. The molecule has 25 heavy (non-hydrogen) atoms. The molecule has 1 fully saturated rings. The quantitative estimate of drug-likeness (QED) is 0.604. The molecule has 2 aromatic rings. The van der Waals surface area contributed by atoms with Crippen molar-refractivity contribution in [3.63, 3.8) is 0 Å². The molecule has 0 bridgehead atoms. The van der Waals surface area contributed by atoms with E-state index in [2.05, 4.69) is 0 Å². The minimum absolute atomic E-state index is 0.0594. The van der Waals surface area contributed by atoms with Crippen LogP contribution in [0, 0.1) is 10.1 Å². The first-order valence-corrected chi connectivity index (χ1v) is 8.28. The van der Waals surface area contributed by atoms with Crippen LogP contribution < -0.4 is 4.74 Å². The van der Waals surface area contributed by atoms with Gasteiger partial charge in [-0.05, 0) is 42.7 Å². The van der Waals surface area contributed by atoms with E-state index in [-0.39, 0.29) is 28.2 Å². The van der Waals surface area contributed by atoms with Crippen LogP contribution in [0.25, 0.3) is 0 Å². The number of amides is 1. The number of halogens is 1. The Balaban J connectivity index is 1.95. The van der Waals surface area contributed by atoms with Crippen molar-refractivity contribution in [1.82, 2.24) is 4.90 Å². The summed E-state index contributed by atoms with van der Waals surface area (Å²) in [7, 11) is 1.59. The normalized spacial score (nSPS) is 16.7. The summed E-state index contributed by atoms with van der Waals surface area (Å²) in [5, 5.41) is 11.5. The fraction of sp³-hybridized carbons (Fsp3) is 0.278. The number of likely N-dealkylation sites (tertiary alicyclic amines) is 1. The fourth-order valence-corrected chi connectivity index (χ4v) is 3.36. The molecule has 1 unspecified atom stereocenters. The zero-order valence-electron chi connectivity index (χ0n) is 13.6. The summed E-state index contributed by atoms with van der Waals surface area (Å²) >= 11 is 5.84. The molecule has 0 saturated carbocycles. The molecule has 1 aliphatic heterocycles. The van der Waals surface area contributed by atoms with Gasteiger partial charge in [-0.15, -0.1) is 0 Å². The molecule has 6 nitrogen and oxygen atoms in total. The van der Waals surface area contributed by atoms with E-state index in [0.717, 1.165) is 18.4 Å². The van der Waals surface area contributed by atoms with Crippen LogP contribution in [0.3, 0.4) is 0 Å². The Hall–Kier alpha value is -2.60. The highest BCUT2D eigenvalue weighted by Gasteiger charge is 2.33. The molecule has 0 aromatic heterocycles. The Bertz CT molecular complexity index is 824. The van der Waals surface area contributed by atoms with Crippen molar-refractivity contribution >= 4 is 23.2 Å². The number of ether oxygens (including phenoxy) is 1. The van der Waals surface area contributed by atoms with Crippen molar-refractivity contribution in [2.45, 2.75) is 18.9 Å². The number of nitro benzene ring substituents is 1. The van der Waals surface area contributed by atoms with E-state index in [1.165, 1.54) is 18.2 Å². The lowest BCUT2D eigenvalue weighted by atomic mass is 10.0. The summed E-state index contributed by atoms with van der Waals surface area (Å²) in [4.78, 5) is 25.4. The SMILES string of the molecule is COc1cccc(C2CCCN2C(=O)c2ccc(Cl)cc2[N+](=O)[O-])c1. The van der Waals surface area contributed by atoms with Crippen LogP contribution in [0.1, 0.15) is 34.8 Å². The van der Waals surface area contributed by atoms with E-state index < -0.39 is 4.92 Å². The first-order valence-electron chi connectivity index (χ1n) is 7.90. The lowest BCUT2D eigenvalue weighted by Gasteiger charge is -2.25. The summed E-state index contributed by atoms with van der Waals surface area (Å²) in [5.74, 6) is 0.364. The van der Waals surface area contributed by atoms with Crippen molar-refractivity contribution in [1.29, 1.82) is 0 Å². The van der Waals surface area contributed by atoms with Crippen LogP contribution >= 0.6 is 11.6 Å². The van der Waals surface area contributed by atoms with Gasteiger partial charge in [0, 0.05) is 17.6 Å². The molecule has 3 rings (SSSR count). The minimum atomic E-state index is -0.574. The molecule has 0 aliphatic carbocycles. The van der Waals surface area contributed by atoms with Crippen molar-refractivity contribution in [3.05, 3.63) is 68.7 Å². The summed E-state index contributed by atoms with van der Waals surface area (Å²) in [6, 6.07) is 11.6. The molecule has 1 aliphatic rings. The second-order valence-corrected chi connectivity index (χ2v) is 6.29. The maximum absolute atomic E-state index is 13.0. The molecule has 0 radical (unpaired) electrons. The first kappa shape index (κ1) is 17.2. The predicted molar refractivity (Wildman–Crippen MR) is 94.1 cm³/mol. The molecule has 1 atom stereocenters. The van der Waals surface area contributed by atoms with Crippen LogP contribution in [0.2, 0.25) is 5.02 Å². The van der Waals surface area contributed by atoms with Gasteiger partial charge in [0.15, 0.2) is 0 Å². The minimum Gasteiger partial charge on any atom is -0.497 e. The average molecular weight is 361 g/mol. The molecular formula is C18H17ClN2O4. The molecule has 0 spiro atoms. The number of nitrogens with zero attached hydrogens (tertiary/aromatic N) is 2. The summed E-state index contributed by atoms with van der Waals surface area (Å²) in [5.41, 5.74) is 0.750. The van der Waals surface area contributed by atoms with E-state index in [9.17, 15) is 14.9 Å². The Morgan fingerprint density at radius 2 is 2.12 bits per heavy atom. The van der Waals surface area contributed by atoms with Crippen molar-refractivity contribution in [3.8, 4) is 5.75 Å². The van der Waals surface area contributed by atoms with E-state index in [1.807, 2.05) is 24.3 Å². The van der Waals surface area contributed by atoms with E-state index in [4.69, 9.17) is 16.3 Å². The van der Waals surface area contributed by atoms with Gasteiger partial charge in [0.05, 0.1) is 18.1 Å². The maximum atomic E-state index is 13.0. The zero-order chi connectivity index (χ0) is 18.0. The van der Waals surface area contributed by atoms with Gasteiger partial charge >= 0.3 is 0 Å². The Morgan fingerprint density at radius 3 is 2.84 bits per heavy atom. The van der Waals surface area contributed by atoms with Gasteiger partial charge in [0.2, 0.25) is 0 Å². The standard InChI is InChI=1S/C18H17ClN2O4/c1-25-14-5-2-4-12(10-14)16-6-3-9-20(16)18(22)15-8-7-13(19)11-17(15)21(23)24/h2,4-5,7-8,10-11,16H,3,6,9H2,1H3. The summed E-state index contributed by atoms with van der Waals surface area (Å²) < 4.78 is 5.25. The summed E-state index contributed by atoms with van der Waals surface area (Å²) in [6.45, 7) is 0.556. The Morgan fingerprint density at radius 1 is 1.32 bits per heavy atom. The van der Waals surface area contributed by atoms with Crippen molar-refractivity contribution in [2.75, 3.05) is 13.7 Å². The number of carbonyl (C=O) groups excluding carboxylic acids is 1. The molecule has 1 amide bonds. The third-order valence-corrected chi connectivity index (χ3v) is 4.61. The lowest BCUT2D eigenvalue weighted by Crippen LogP contribution is -2.31. The molecule has 0 N–H and O–H groups in total. The van der Waals surface area contributed by atoms with E-state index in [1.54, 1.807) is 12.0 Å². The van der Waals surface area contributed by atoms with Crippen LogP contribution in [-0.4, -0.2) is 29.4 Å². The molecule has 2 aromatic carbocycles. The van der Waals surface area contributed by atoms with E-state index in [0.29, 0.717) is 12.3 Å². The zero-order valence-corrected chi connectivity index (χ0v) is 14.4. The average Bonchev–Trinajstić information content (AvgIpc) is 3.10. The van der Waals surface area contributed by atoms with Crippen LogP contribution in [0.15, 0.2) is 42.5 Å². The molecule has 1 heterocycles. The second kappa shape index (κ2) is 7.11. The fourth-order valence-electron chi connectivity index (χ4n) is 3.20. The lowest BCUT2D eigenvalue weighted by molar-refractivity contribution is -0.385. The van der Waals surface area contributed by atoms with Gasteiger partial charge in [-0.1, -0.05) is 23.7 Å². The van der Waals surface area contributed by atoms with Gasteiger partial charge in [-0.2, -0.15) is 0 Å². The Labute approximate surface area is 150 Å². The molecule has 1 saturated heterocycles. The van der Waals surface area contributed by atoms with Crippen LogP contribution in [0.4, 0.5) is 5.69 Å². The highest BCUT2D eigenvalue weighted by Crippen LogP contribution is 2.36. The number of methoxy groups -OCH3 is 1. The number of hydrogen-bond donors (Lipinski definition) is 0. The Kier molecular flexibility index (Phi) is 4.90. The predicted octanol–water partition coefficient (Wildman–Crippen LogP) is 4.23. The number of rotatable bonds is 4. The highest BCUT2D eigenvalue weighted by atomic mass is 35.5. The van der Waals surface area contributed by atoms with Gasteiger partial charge in [0.1, 0.15) is 11.3 Å². The number of benzene rings is 2. The smallest absolute Gasteiger partial charge is 0.283 e. The summed E-state index contributed by atoms with van der Waals surface area (Å²) in [6.07, 6.45) is 1.65. The number of hydrogen-bond acceptors (Lipinski definition) is 4. The van der Waals surface area contributed by atoms with E-state index >= 15 is 0 Å². The van der Waals surface area contributed by atoms with Crippen LogP contribution in [0.5, 0.6) is 5.75 Å². The third-order valence-electron chi connectivity index (χ3n) is 4.38. The van der Waals surface area contributed by atoms with Gasteiger partial charge in [-0.25, -0.2) is 0 Å².